The minimum absolute atomic E-state index is 0.218. The number of likely N-dealkylation sites (N-methyl/N-ethyl adjacent to an activating group) is 1. The molecule has 0 unspecified atom stereocenters. The number of hydrogen-bond donors (Lipinski definition) is 1. The van der Waals surface area contributed by atoms with Crippen LogP contribution in [-0.4, -0.2) is 74.0 Å². The summed E-state index contributed by atoms with van der Waals surface area (Å²) in [4.78, 5) is 16.5. The number of nitrogens with one attached hydrogen (secondary N) is 1. The van der Waals surface area contributed by atoms with Gasteiger partial charge >= 0.3 is 0 Å². The molecule has 1 heterocycles. The fourth-order valence-corrected chi connectivity index (χ4v) is 3.56. The SMILES string of the molecule is CSC[C@@H](C)N1CCC(CCC(=O)NCCN(C)C)CC1. The van der Waals surface area contributed by atoms with E-state index in [0.717, 1.165) is 25.4 Å². The molecule has 1 atom stereocenters. The van der Waals surface area contributed by atoms with Gasteiger partial charge in [-0.15, -0.1) is 0 Å². The van der Waals surface area contributed by atoms with Gasteiger partial charge in [-0.2, -0.15) is 11.8 Å². The van der Waals surface area contributed by atoms with Crippen molar-refractivity contribution in [2.24, 2.45) is 5.92 Å². The van der Waals surface area contributed by atoms with E-state index in [0.29, 0.717) is 12.5 Å². The number of amides is 1. The van der Waals surface area contributed by atoms with Crippen LogP contribution in [0.1, 0.15) is 32.6 Å². The Labute approximate surface area is 135 Å². The number of carbonyl (C=O) groups excluding carboxylic acids is 1. The van der Waals surface area contributed by atoms with E-state index in [1.165, 1.54) is 31.7 Å². The fourth-order valence-electron chi connectivity index (χ4n) is 2.87. The Morgan fingerprint density at radius 3 is 2.62 bits per heavy atom. The number of nitrogens with zero attached hydrogens (tertiary/aromatic N) is 2. The monoisotopic (exact) mass is 315 g/mol. The molecule has 0 aromatic rings. The van der Waals surface area contributed by atoms with Crippen molar-refractivity contribution in [3.8, 4) is 0 Å². The third-order valence-corrected chi connectivity index (χ3v) is 5.16. The zero-order valence-electron chi connectivity index (χ0n) is 14.2. The number of carbonyl (C=O) groups is 1. The van der Waals surface area contributed by atoms with Crippen LogP contribution in [0, 0.1) is 5.92 Å². The number of piperidine rings is 1. The van der Waals surface area contributed by atoms with E-state index in [2.05, 4.69) is 28.3 Å². The first-order valence-electron chi connectivity index (χ1n) is 8.17. The Morgan fingerprint density at radius 1 is 1.38 bits per heavy atom. The third kappa shape index (κ3) is 8.07. The Balaban J connectivity index is 2.11. The summed E-state index contributed by atoms with van der Waals surface area (Å²) in [6.07, 6.45) is 6.43. The molecular weight excluding hydrogens is 282 g/mol. The highest BCUT2D eigenvalue weighted by Crippen LogP contribution is 2.23. The van der Waals surface area contributed by atoms with E-state index in [9.17, 15) is 4.79 Å². The number of hydrogen-bond acceptors (Lipinski definition) is 4. The molecule has 0 bridgehead atoms. The largest absolute Gasteiger partial charge is 0.355 e. The first kappa shape index (κ1) is 18.8. The molecule has 1 amide bonds. The highest BCUT2D eigenvalue weighted by molar-refractivity contribution is 7.98. The second-order valence-corrected chi connectivity index (χ2v) is 7.39. The molecule has 1 aliphatic heterocycles. The Bertz CT molecular complexity index is 291. The Morgan fingerprint density at radius 2 is 2.05 bits per heavy atom. The maximum Gasteiger partial charge on any atom is 0.220 e. The van der Waals surface area contributed by atoms with E-state index >= 15 is 0 Å². The van der Waals surface area contributed by atoms with Gasteiger partial charge < -0.3 is 10.2 Å². The van der Waals surface area contributed by atoms with E-state index in [1.807, 2.05) is 25.9 Å². The Kier molecular flexibility index (Phi) is 9.36. The molecule has 0 aromatic carbocycles. The zero-order chi connectivity index (χ0) is 15.7. The molecule has 0 saturated carbocycles. The fraction of sp³-hybridized carbons (Fsp3) is 0.938. The summed E-state index contributed by atoms with van der Waals surface area (Å²) >= 11 is 1.93. The van der Waals surface area contributed by atoms with Crippen LogP contribution in [0.15, 0.2) is 0 Å². The standard InChI is InChI=1S/C16H33N3OS/c1-14(13-21-4)19-10-7-15(8-11-19)5-6-16(20)17-9-12-18(2)3/h14-15H,5-13H2,1-4H3,(H,17,20)/t14-/m1/s1. The van der Waals surface area contributed by atoms with E-state index in [-0.39, 0.29) is 5.91 Å². The van der Waals surface area contributed by atoms with E-state index < -0.39 is 0 Å². The molecule has 1 N–H and O–H groups in total. The summed E-state index contributed by atoms with van der Waals surface area (Å²) in [5, 5.41) is 3.00. The maximum absolute atomic E-state index is 11.8. The van der Waals surface area contributed by atoms with Gasteiger partial charge in [-0.25, -0.2) is 0 Å². The number of thioether (sulfide) groups is 1. The van der Waals surface area contributed by atoms with Crippen LogP contribution in [0.3, 0.4) is 0 Å². The van der Waals surface area contributed by atoms with Gasteiger partial charge in [0.15, 0.2) is 0 Å². The average Bonchev–Trinajstić information content (AvgIpc) is 2.45. The van der Waals surface area contributed by atoms with Gasteiger partial charge in [0.05, 0.1) is 0 Å². The Hall–Kier alpha value is -0.260. The molecule has 0 aromatic heterocycles. The number of rotatable bonds is 9. The quantitative estimate of drug-likeness (QED) is 0.705. The van der Waals surface area contributed by atoms with E-state index in [1.54, 1.807) is 0 Å². The minimum atomic E-state index is 0.218. The minimum Gasteiger partial charge on any atom is -0.355 e. The molecule has 1 saturated heterocycles. The highest BCUT2D eigenvalue weighted by Gasteiger charge is 2.22. The first-order chi connectivity index (χ1) is 10.0. The van der Waals surface area contributed by atoms with Gasteiger partial charge in [0.2, 0.25) is 5.91 Å². The topological polar surface area (TPSA) is 35.6 Å². The lowest BCUT2D eigenvalue weighted by atomic mass is 9.91. The zero-order valence-corrected chi connectivity index (χ0v) is 15.0. The molecule has 0 radical (unpaired) electrons. The van der Waals surface area contributed by atoms with Gasteiger partial charge in [0.25, 0.3) is 0 Å². The lowest BCUT2D eigenvalue weighted by Crippen LogP contribution is -2.41. The van der Waals surface area contributed by atoms with Crippen molar-refractivity contribution in [2.45, 2.75) is 38.6 Å². The lowest BCUT2D eigenvalue weighted by molar-refractivity contribution is -0.121. The lowest BCUT2D eigenvalue weighted by Gasteiger charge is -2.35. The van der Waals surface area contributed by atoms with Crippen LogP contribution in [-0.2, 0) is 4.79 Å². The summed E-state index contributed by atoms with van der Waals surface area (Å²) < 4.78 is 0. The van der Waals surface area contributed by atoms with Crippen molar-refractivity contribution in [2.75, 3.05) is 52.3 Å². The summed E-state index contributed by atoms with van der Waals surface area (Å²) in [6, 6.07) is 0.690. The van der Waals surface area contributed by atoms with Crippen LogP contribution < -0.4 is 5.32 Å². The average molecular weight is 316 g/mol. The van der Waals surface area contributed by atoms with Crippen LogP contribution >= 0.6 is 11.8 Å². The summed E-state index contributed by atoms with van der Waals surface area (Å²) in [5.74, 6) is 2.18. The third-order valence-electron chi connectivity index (χ3n) is 4.34. The highest BCUT2D eigenvalue weighted by atomic mass is 32.2. The van der Waals surface area contributed by atoms with Crippen molar-refractivity contribution >= 4 is 17.7 Å². The summed E-state index contributed by atoms with van der Waals surface area (Å²) in [7, 11) is 4.05. The van der Waals surface area contributed by atoms with Gasteiger partial charge in [0, 0.05) is 31.3 Å². The maximum atomic E-state index is 11.8. The predicted octanol–water partition coefficient (Wildman–Crippen LogP) is 1.91. The smallest absolute Gasteiger partial charge is 0.220 e. The second-order valence-electron chi connectivity index (χ2n) is 6.48. The predicted molar refractivity (Wildman–Crippen MR) is 92.9 cm³/mol. The van der Waals surface area contributed by atoms with Crippen molar-refractivity contribution in [3.05, 3.63) is 0 Å². The summed E-state index contributed by atoms with van der Waals surface area (Å²) in [5.41, 5.74) is 0. The first-order valence-corrected chi connectivity index (χ1v) is 9.56. The molecule has 1 rings (SSSR count). The van der Waals surface area contributed by atoms with Crippen molar-refractivity contribution in [1.82, 2.24) is 15.1 Å². The van der Waals surface area contributed by atoms with Crippen LogP contribution in [0.4, 0.5) is 0 Å². The van der Waals surface area contributed by atoms with Crippen LogP contribution in [0.25, 0.3) is 0 Å². The van der Waals surface area contributed by atoms with E-state index in [4.69, 9.17) is 0 Å². The normalized spacial score (nSPS) is 18.9. The molecule has 124 valence electrons. The molecule has 0 spiro atoms. The van der Waals surface area contributed by atoms with Crippen LogP contribution in [0.2, 0.25) is 0 Å². The molecule has 21 heavy (non-hydrogen) atoms. The number of likely N-dealkylation sites (tertiary alicyclic amines) is 1. The molecule has 4 nitrogen and oxygen atoms in total. The van der Waals surface area contributed by atoms with Gasteiger partial charge in [0.1, 0.15) is 0 Å². The molecule has 1 fully saturated rings. The molecule has 0 aliphatic carbocycles. The van der Waals surface area contributed by atoms with Gasteiger partial charge in [-0.3, -0.25) is 9.69 Å². The van der Waals surface area contributed by atoms with Crippen molar-refractivity contribution in [1.29, 1.82) is 0 Å². The molecule has 5 heteroatoms. The second kappa shape index (κ2) is 10.5. The van der Waals surface area contributed by atoms with Gasteiger partial charge in [-0.1, -0.05) is 0 Å². The van der Waals surface area contributed by atoms with Crippen molar-refractivity contribution in [3.63, 3.8) is 0 Å². The van der Waals surface area contributed by atoms with Gasteiger partial charge in [-0.05, 0) is 65.5 Å². The summed E-state index contributed by atoms with van der Waals surface area (Å²) in [6.45, 7) is 6.41. The van der Waals surface area contributed by atoms with Crippen LogP contribution in [0.5, 0.6) is 0 Å². The van der Waals surface area contributed by atoms with Crippen molar-refractivity contribution < 1.29 is 4.79 Å². The molecule has 1 aliphatic rings. The molecular formula is C16H33N3OS.